The van der Waals surface area contributed by atoms with E-state index >= 15 is 0 Å². The van der Waals surface area contributed by atoms with Crippen LogP contribution in [-0.4, -0.2) is 11.1 Å². The Balaban J connectivity index is 2.11. The van der Waals surface area contributed by atoms with Gasteiger partial charge in [0.15, 0.2) is 5.69 Å². The summed E-state index contributed by atoms with van der Waals surface area (Å²) in [6.45, 7) is 0. The van der Waals surface area contributed by atoms with E-state index in [9.17, 15) is 4.79 Å². The lowest BCUT2D eigenvalue weighted by atomic mass is 9.87. The second-order valence-corrected chi connectivity index (χ2v) is 3.81. The predicted octanol–water partition coefficient (Wildman–Crippen LogP) is 1.82. The highest BCUT2D eigenvalue weighted by molar-refractivity contribution is 5.90. The average molecular weight is 194 g/mol. The van der Waals surface area contributed by atoms with Crippen molar-refractivity contribution in [2.75, 3.05) is 0 Å². The van der Waals surface area contributed by atoms with E-state index in [4.69, 9.17) is 10.3 Å². The van der Waals surface area contributed by atoms with Crippen LogP contribution >= 0.6 is 0 Å². The van der Waals surface area contributed by atoms with E-state index in [-0.39, 0.29) is 5.69 Å². The van der Waals surface area contributed by atoms with Gasteiger partial charge in [-0.1, -0.05) is 24.4 Å². The van der Waals surface area contributed by atoms with Gasteiger partial charge in [0, 0.05) is 12.0 Å². The molecular formula is C10H14N2O2. The molecule has 0 saturated heterocycles. The molecule has 0 spiro atoms. The second-order valence-electron chi connectivity index (χ2n) is 3.81. The Hall–Kier alpha value is -1.32. The summed E-state index contributed by atoms with van der Waals surface area (Å²) in [6, 6.07) is 1.68. The molecule has 0 aromatic carbocycles. The number of aromatic nitrogens is 1. The Morgan fingerprint density at radius 1 is 1.43 bits per heavy atom. The van der Waals surface area contributed by atoms with E-state index in [0.717, 1.165) is 18.6 Å². The Labute approximate surface area is 82.4 Å². The smallest absolute Gasteiger partial charge is 0.270 e. The monoisotopic (exact) mass is 194 g/mol. The van der Waals surface area contributed by atoms with Crippen LogP contribution in [0.1, 0.15) is 54.3 Å². The SMILES string of the molecule is NC(=O)c1cc(C2CCCCC2)on1. The maximum absolute atomic E-state index is 10.8. The van der Waals surface area contributed by atoms with Crippen molar-refractivity contribution >= 4 is 5.91 Å². The second kappa shape index (κ2) is 3.82. The average Bonchev–Trinajstić information content (AvgIpc) is 2.68. The Morgan fingerprint density at radius 3 is 2.71 bits per heavy atom. The third kappa shape index (κ3) is 1.78. The summed E-state index contributed by atoms with van der Waals surface area (Å²) in [7, 11) is 0. The normalized spacial score (nSPS) is 18.3. The molecule has 1 fully saturated rings. The van der Waals surface area contributed by atoms with Crippen LogP contribution in [0.2, 0.25) is 0 Å². The molecule has 1 amide bonds. The third-order valence-corrected chi connectivity index (χ3v) is 2.79. The predicted molar refractivity (Wildman–Crippen MR) is 50.8 cm³/mol. The van der Waals surface area contributed by atoms with E-state index in [1.807, 2.05) is 0 Å². The van der Waals surface area contributed by atoms with E-state index in [1.54, 1.807) is 6.07 Å². The lowest BCUT2D eigenvalue weighted by Crippen LogP contribution is -2.11. The number of carbonyl (C=O) groups is 1. The van der Waals surface area contributed by atoms with Crippen LogP contribution in [0.25, 0.3) is 0 Å². The van der Waals surface area contributed by atoms with Crippen molar-refractivity contribution in [1.82, 2.24) is 5.16 Å². The molecule has 0 unspecified atom stereocenters. The number of nitrogens with zero attached hydrogens (tertiary/aromatic N) is 1. The van der Waals surface area contributed by atoms with Crippen molar-refractivity contribution < 1.29 is 9.32 Å². The van der Waals surface area contributed by atoms with E-state index in [2.05, 4.69) is 5.16 Å². The number of rotatable bonds is 2. The molecule has 1 aliphatic rings. The Kier molecular flexibility index (Phi) is 2.52. The van der Waals surface area contributed by atoms with Gasteiger partial charge in [-0.25, -0.2) is 0 Å². The Morgan fingerprint density at radius 2 is 2.14 bits per heavy atom. The molecule has 2 N–H and O–H groups in total. The lowest BCUT2D eigenvalue weighted by molar-refractivity contribution is 0.0991. The summed E-state index contributed by atoms with van der Waals surface area (Å²) in [6.07, 6.45) is 6.03. The zero-order valence-electron chi connectivity index (χ0n) is 8.03. The van der Waals surface area contributed by atoms with Crippen molar-refractivity contribution in [1.29, 1.82) is 0 Å². The summed E-state index contributed by atoms with van der Waals surface area (Å²) in [5.74, 6) is 0.735. The highest BCUT2D eigenvalue weighted by Crippen LogP contribution is 2.32. The standard InChI is InChI=1S/C10H14N2O2/c11-10(13)8-6-9(14-12-8)7-4-2-1-3-5-7/h6-7H,1-5H2,(H2,11,13). The number of hydrogen-bond acceptors (Lipinski definition) is 3. The van der Waals surface area contributed by atoms with Gasteiger partial charge in [-0.3, -0.25) is 4.79 Å². The van der Waals surface area contributed by atoms with Gasteiger partial charge in [-0.15, -0.1) is 0 Å². The lowest BCUT2D eigenvalue weighted by Gasteiger charge is -2.18. The summed E-state index contributed by atoms with van der Waals surface area (Å²) in [5, 5.41) is 3.64. The van der Waals surface area contributed by atoms with Gasteiger partial charge in [0.1, 0.15) is 5.76 Å². The van der Waals surface area contributed by atoms with Gasteiger partial charge >= 0.3 is 0 Å². The van der Waals surface area contributed by atoms with Crippen LogP contribution in [-0.2, 0) is 0 Å². The topological polar surface area (TPSA) is 69.1 Å². The first-order valence-corrected chi connectivity index (χ1v) is 5.04. The van der Waals surface area contributed by atoms with Crippen molar-refractivity contribution in [3.05, 3.63) is 17.5 Å². The van der Waals surface area contributed by atoms with Crippen molar-refractivity contribution in [3.63, 3.8) is 0 Å². The first-order valence-electron chi connectivity index (χ1n) is 5.04. The van der Waals surface area contributed by atoms with Crippen LogP contribution in [0, 0.1) is 0 Å². The maximum atomic E-state index is 10.8. The molecule has 2 rings (SSSR count). The number of hydrogen-bond donors (Lipinski definition) is 1. The fourth-order valence-electron chi connectivity index (χ4n) is 1.98. The summed E-state index contributed by atoms with van der Waals surface area (Å²) < 4.78 is 5.11. The highest BCUT2D eigenvalue weighted by atomic mass is 16.5. The van der Waals surface area contributed by atoms with Crippen LogP contribution in [0.5, 0.6) is 0 Å². The van der Waals surface area contributed by atoms with E-state index < -0.39 is 5.91 Å². The number of nitrogens with two attached hydrogens (primary N) is 1. The Bertz CT molecular complexity index is 327. The van der Waals surface area contributed by atoms with Crippen LogP contribution in [0.15, 0.2) is 10.6 Å². The molecule has 1 aliphatic carbocycles. The highest BCUT2D eigenvalue weighted by Gasteiger charge is 2.20. The molecule has 76 valence electrons. The van der Waals surface area contributed by atoms with Gasteiger partial charge in [-0.05, 0) is 12.8 Å². The fraction of sp³-hybridized carbons (Fsp3) is 0.600. The number of carbonyl (C=O) groups excluding carboxylic acids is 1. The van der Waals surface area contributed by atoms with E-state index in [1.165, 1.54) is 19.3 Å². The molecule has 1 saturated carbocycles. The fourth-order valence-corrected chi connectivity index (χ4v) is 1.98. The van der Waals surface area contributed by atoms with Crippen molar-refractivity contribution in [2.45, 2.75) is 38.0 Å². The molecule has 0 atom stereocenters. The van der Waals surface area contributed by atoms with Crippen LogP contribution < -0.4 is 5.73 Å². The summed E-state index contributed by atoms with van der Waals surface area (Å²) in [5.41, 5.74) is 5.34. The number of amides is 1. The zero-order chi connectivity index (χ0) is 9.97. The molecule has 1 heterocycles. The van der Waals surface area contributed by atoms with Crippen LogP contribution in [0.4, 0.5) is 0 Å². The first-order chi connectivity index (χ1) is 6.77. The van der Waals surface area contributed by atoms with Crippen LogP contribution in [0.3, 0.4) is 0 Å². The quantitative estimate of drug-likeness (QED) is 0.780. The molecular weight excluding hydrogens is 180 g/mol. The van der Waals surface area contributed by atoms with Gasteiger partial charge < -0.3 is 10.3 Å². The molecule has 1 aromatic heterocycles. The zero-order valence-corrected chi connectivity index (χ0v) is 8.03. The molecule has 14 heavy (non-hydrogen) atoms. The van der Waals surface area contributed by atoms with Gasteiger partial charge in [-0.2, -0.15) is 0 Å². The minimum absolute atomic E-state index is 0.241. The molecule has 0 radical (unpaired) electrons. The summed E-state index contributed by atoms with van der Waals surface area (Å²) >= 11 is 0. The van der Waals surface area contributed by atoms with Crippen molar-refractivity contribution in [2.24, 2.45) is 5.73 Å². The number of primary amides is 1. The maximum Gasteiger partial charge on any atom is 0.270 e. The largest absolute Gasteiger partial charge is 0.364 e. The molecule has 4 nitrogen and oxygen atoms in total. The van der Waals surface area contributed by atoms with Gasteiger partial charge in [0.2, 0.25) is 0 Å². The third-order valence-electron chi connectivity index (χ3n) is 2.79. The minimum atomic E-state index is -0.518. The first kappa shape index (κ1) is 9.24. The summed E-state index contributed by atoms with van der Waals surface area (Å²) in [4.78, 5) is 10.8. The molecule has 0 bridgehead atoms. The minimum Gasteiger partial charge on any atom is -0.364 e. The van der Waals surface area contributed by atoms with Gasteiger partial charge in [0.25, 0.3) is 5.91 Å². The molecule has 0 aliphatic heterocycles. The molecule has 1 aromatic rings. The van der Waals surface area contributed by atoms with E-state index in [0.29, 0.717) is 5.92 Å². The van der Waals surface area contributed by atoms with Crippen molar-refractivity contribution in [3.8, 4) is 0 Å². The molecule has 4 heteroatoms. The van der Waals surface area contributed by atoms with Gasteiger partial charge in [0.05, 0.1) is 0 Å².